The largest absolute Gasteiger partial charge is 0.506 e. The number of nitro benzene ring substituents is 2. The van der Waals surface area contributed by atoms with Gasteiger partial charge in [-0.1, -0.05) is 0 Å². The summed E-state index contributed by atoms with van der Waals surface area (Å²) < 4.78 is 3.34. The molecule has 0 fully saturated rings. The maximum atomic E-state index is 10.7. The van der Waals surface area contributed by atoms with E-state index in [4.69, 9.17) is 24.4 Å². The zero-order valence-corrected chi connectivity index (χ0v) is 24.6. The fourth-order valence-corrected chi connectivity index (χ4v) is 3.87. The molecule has 0 unspecified atom stereocenters. The predicted molar refractivity (Wildman–Crippen MR) is 152 cm³/mol. The number of phenolic OH excluding ortho intramolecular Hbond substituents is 2. The number of hydrogen-bond donors (Lipinski definition) is 6. The molecule has 6 N–H and O–H groups in total. The molecule has 21 heteroatoms. The fourth-order valence-electron chi connectivity index (χ4n) is 3.24. The number of phenols is 2. The van der Waals surface area contributed by atoms with Crippen molar-refractivity contribution in [3.63, 3.8) is 0 Å². The summed E-state index contributed by atoms with van der Waals surface area (Å²) in [4.78, 5) is 25.4. The van der Waals surface area contributed by atoms with Gasteiger partial charge in [-0.15, -0.1) is 20.5 Å². The van der Waals surface area contributed by atoms with Gasteiger partial charge in [-0.2, -0.15) is 0 Å². The Hall–Kier alpha value is -5.01. The summed E-state index contributed by atoms with van der Waals surface area (Å²) in [7, 11) is 0. The van der Waals surface area contributed by atoms with Crippen molar-refractivity contribution in [3.05, 3.63) is 66.2 Å². The predicted octanol–water partition coefficient (Wildman–Crippen LogP) is 6.60. The first-order valence-electron chi connectivity index (χ1n) is 11.7. The number of nitrogens with zero attached hydrogens (tertiary/aromatic N) is 8. The van der Waals surface area contributed by atoms with Gasteiger partial charge in [0.1, 0.15) is 22.9 Å². The molecule has 0 saturated heterocycles. The Morgan fingerprint density at radius 3 is 1.35 bits per heavy atom. The van der Waals surface area contributed by atoms with E-state index in [0.717, 1.165) is 36.4 Å². The minimum absolute atomic E-state index is 0. The number of aromatic amines is 2. The minimum atomic E-state index is -0.614. The molecule has 2 aromatic heterocycles. The van der Waals surface area contributed by atoms with Crippen LogP contribution < -0.4 is 0 Å². The number of benzene rings is 2. The maximum absolute atomic E-state index is 10.7. The number of nitro groups is 2. The summed E-state index contributed by atoms with van der Waals surface area (Å²) in [6, 6.07) is 6.72. The van der Waals surface area contributed by atoms with Crippen LogP contribution in [0.3, 0.4) is 0 Å². The van der Waals surface area contributed by atoms with Crippen LogP contribution >= 0.6 is 24.4 Å². The third-order valence-electron chi connectivity index (χ3n) is 5.36. The first-order valence-corrected chi connectivity index (χ1v) is 12.5. The molecule has 18 nitrogen and oxygen atoms in total. The molecule has 0 aliphatic carbocycles. The van der Waals surface area contributed by atoms with Gasteiger partial charge >= 0.3 is 0 Å². The number of hydrogen-bond acceptors (Lipinski definition) is 14. The number of rotatable bonds is 8. The summed E-state index contributed by atoms with van der Waals surface area (Å²) in [5, 5.41) is 75.0. The number of imidazole rings is 2. The average Bonchev–Trinajstić information content (AvgIpc) is 3.39. The third kappa shape index (κ3) is 8.05. The molecule has 0 radical (unpaired) electrons. The summed E-state index contributed by atoms with van der Waals surface area (Å²) in [5.41, 5.74) is -0.644. The molecule has 0 aliphatic rings. The summed E-state index contributed by atoms with van der Waals surface area (Å²) in [6.45, 7) is 4.46. The molecule has 0 saturated carbocycles. The van der Waals surface area contributed by atoms with Crippen LogP contribution in [0.25, 0.3) is 0 Å². The molecule has 0 amide bonds. The molecule has 0 spiro atoms. The van der Waals surface area contributed by atoms with E-state index >= 15 is 0 Å². The van der Waals surface area contributed by atoms with E-state index in [0.29, 0.717) is 13.1 Å². The standard InChI is InChI=1S/2C11H11N5O4S.Ni/c2*1-2-15-10(18)9(12-11(15)21)14-13-7-5-6(16(19)20)3-4-8(7)17;/h2*3-5,17-18H,2H2,1H3,(H,12,21);. The summed E-state index contributed by atoms with van der Waals surface area (Å²) >= 11 is 9.96. The van der Waals surface area contributed by atoms with Crippen LogP contribution in [0.5, 0.6) is 23.3 Å². The van der Waals surface area contributed by atoms with Gasteiger partial charge in [-0.3, -0.25) is 29.4 Å². The molecule has 230 valence electrons. The number of aromatic hydroxyl groups is 4. The van der Waals surface area contributed by atoms with Gasteiger partial charge in [-0.25, -0.2) is 0 Å². The molecule has 0 atom stereocenters. The molecule has 43 heavy (non-hydrogen) atoms. The zero-order chi connectivity index (χ0) is 31.1. The van der Waals surface area contributed by atoms with Crippen LogP contribution in [0.15, 0.2) is 56.9 Å². The molecule has 4 rings (SSSR count). The maximum Gasteiger partial charge on any atom is 0.271 e. The van der Waals surface area contributed by atoms with E-state index in [1.165, 1.54) is 9.13 Å². The van der Waals surface area contributed by atoms with Gasteiger partial charge in [-0.05, 0) is 50.4 Å². The van der Waals surface area contributed by atoms with Crippen LogP contribution in [-0.2, 0) is 29.6 Å². The van der Waals surface area contributed by atoms with Crippen LogP contribution in [0.2, 0.25) is 0 Å². The van der Waals surface area contributed by atoms with E-state index < -0.39 is 9.85 Å². The van der Waals surface area contributed by atoms with Crippen molar-refractivity contribution in [2.45, 2.75) is 26.9 Å². The van der Waals surface area contributed by atoms with Gasteiger partial charge in [0.25, 0.3) is 11.4 Å². The van der Waals surface area contributed by atoms with E-state index in [-0.39, 0.29) is 83.7 Å². The van der Waals surface area contributed by atoms with Crippen LogP contribution in [0, 0.1) is 29.8 Å². The van der Waals surface area contributed by atoms with Gasteiger partial charge in [0, 0.05) is 53.8 Å². The third-order valence-corrected chi connectivity index (χ3v) is 6.01. The molecule has 2 aromatic carbocycles. The number of H-pyrrole nitrogens is 2. The number of azo groups is 2. The monoisotopic (exact) mass is 676 g/mol. The number of nitrogens with one attached hydrogen (secondary N) is 2. The molecule has 2 heterocycles. The molecular weight excluding hydrogens is 655 g/mol. The van der Waals surface area contributed by atoms with Crippen molar-refractivity contribution >= 4 is 58.8 Å². The van der Waals surface area contributed by atoms with Crippen molar-refractivity contribution in [1.82, 2.24) is 19.1 Å². The van der Waals surface area contributed by atoms with E-state index in [2.05, 4.69) is 30.4 Å². The van der Waals surface area contributed by atoms with Crippen molar-refractivity contribution in [2.75, 3.05) is 0 Å². The van der Waals surface area contributed by atoms with Crippen molar-refractivity contribution in [2.24, 2.45) is 20.5 Å². The van der Waals surface area contributed by atoms with E-state index in [1.54, 1.807) is 13.8 Å². The number of non-ortho nitro benzene ring substituents is 2. The van der Waals surface area contributed by atoms with Gasteiger partial charge in [0.2, 0.25) is 23.4 Å². The Labute approximate surface area is 260 Å². The minimum Gasteiger partial charge on any atom is -0.506 e. The van der Waals surface area contributed by atoms with Crippen LogP contribution in [0.1, 0.15) is 13.8 Å². The van der Waals surface area contributed by atoms with E-state index in [1.807, 2.05) is 0 Å². The second-order valence-electron chi connectivity index (χ2n) is 7.95. The summed E-state index contributed by atoms with van der Waals surface area (Å²) in [6.07, 6.45) is 0. The Morgan fingerprint density at radius 1 is 0.721 bits per heavy atom. The quantitative estimate of drug-likeness (QED) is 0.0383. The first-order chi connectivity index (χ1) is 19.9. The van der Waals surface area contributed by atoms with Crippen molar-refractivity contribution in [3.8, 4) is 23.3 Å². The Balaban J connectivity index is 0.000000293. The fraction of sp³-hybridized carbons (Fsp3) is 0.182. The Bertz CT molecular complexity index is 1700. The number of aromatic nitrogens is 4. The zero-order valence-electron chi connectivity index (χ0n) is 22.0. The van der Waals surface area contributed by atoms with Gasteiger partial charge < -0.3 is 30.4 Å². The SMILES string of the molecule is CCn1c(O)c(N=Nc2cc([N+](=O)[O-])ccc2O)[nH]c1=S.CCn1c(O)c(N=Nc2cc([N+](=O)[O-])ccc2O)[nH]c1=S.[Ni]. The van der Waals surface area contributed by atoms with Gasteiger partial charge in [0.05, 0.1) is 9.85 Å². The van der Waals surface area contributed by atoms with Crippen LogP contribution in [-0.4, -0.2) is 49.4 Å². The van der Waals surface area contributed by atoms with Crippen molar-refractivity contribution < 1.29 is 46.8 Å². The smallest absolute Gasteiger partial charge is 0.271 e. The molecular formula is C22H22N10NiO8S2. The normalized spacial score (nSPS) is 10.8. The molecule has 0 bridgehead atoms. The molecule has 4 aromatic rings. The summed E-state index contributed by atoms with van der Waals surface area (Å²) in [5.74, 6) is -0.914. The second-order valence-corrected chi connectivity index (χ2v) is 8.73. The Morgan fingerprint density at radius 2 is 1.07 bits per heavy atom. The average molecular weight is 677 g/mol. The topological polar surface area (TPSA) is 258 Å². The first kappa shape index (κ1) is 34.2. The van der Waals surface area contributed by atoms with Gasteiger partial charge in [0.15, 0.2) is 9.54 Å². The van der Waals surface area contributed by atoms with Crippen molar-refractivity contribution in [1.29, 1.82) is 0 Å². The second kappa shape index (κ2) is 14.8. The van der Waals surface area contributed by atoms with Crippen LogP contribution in [0.4, 0.5) is 34.4 Å². The molecule has 0 aliphatic heterocycles. The van der Waals surface area contributed by atoms with E-state index in [9.17, 15) is 40.7 Å². The Kier molecular flexibility index (Phi) is 11.7.